The van der Waals surface area contributed by atoms with Crippen LogP contribution in [0.15, 0.2) is 0 Å². The first-order valence-corrected chi connectivity index (χ1v) is 17.4. The highest BCUT2D eigenvalue weighted by molar-refractivity contribution is 5.69. The van der Waals surface area contributed by atoms with Crippen molar-refractivity contribution in [2.45, 2.75) is 46.0 Å². The fraction of sp³-hybridized carbons (Fsp3) is 0.939. The molecule has 0 aromatic rings. The molecular weight excluding hydrogens is 636 g/mol. The molecule has 48 heavy (non-hydrogen) atoms. The molecular formula is C33H64O15. The Morgan fingerprint density at radius 3 is 0.875 bits per heavy atom. The smallest absolute Gasteiger partial charge is 0.308 e. The van der Waals surface area contributed by atoms with E-state index in [1.165, 1.54) is 0 Å². The molecule has 0 N–H and O–H groups in total. The van der Waals surface area contributed by atoms with Crippen molar-refractivity contribution >= 4 is 11.9 Å². The molecule has 15 heteroatoms. The average Bonchev–Trinajstić information content (AvgIpc) is 3.08. The second-order valence-corrected chi connectivity index (χ2v) is 9.97. The van der Waals surface area contributed by atoms with Crippen molar-refractivity contribution in [3.05, 3.63) is 0 Å². The van der Waals surface area contributed by atoms with Gasteiger partial charge in [-0.2, -0.15) is 0 Å². The first-order chi connectivity index (χ1) is 23.7. The zero-order valence-corrected chi connectivity index (χ0v) is 29.6. The lowest BCUT2D eigenvalue weighted by molar-refractivity contribution is -0.146. The van der Waals surface area contributed by atoms with Crippen molar-refractivity contribution in [3.63, 3.8) is 0 Å². The van der Waals surface area contributed by atoms with Crippen molar-refractivity contribution in [3.8, 4) is 0 Å². The van der Waals surface area contributed by atoms with E-state index < -0.39 is 0 Å². The van der Waals surface area contributed by atoms with Crippen LogP contribution in [0.3, 0.4) is 0 Å². The number of ether oxygens (including phenoxy) is 13. The van der Waals surface area contributed by atoms with Crippen LogP contribution in [-0.4, -0.2) is 171 Å². The Bertz CT molecular complexity index is 657. The second-order valence-electron chi connectivity index (χ2n) is 9.97. The highest BCUT2D eigenvalue weighted by Gasteiger charge is 2.02. The molecule has 0 bridgehead atoms. The summed E-state index contributed by atoms with van der Waals surface area (Å²) >= 11 is 0. The Hall–Kier alpha value is -1.50. The van der Waals surface area contributed by atoms with Crippen LogP contribution in [0.25, 0.3) is 0 Å². The minimum absolute atomic E-state index is 0.163. The van der Waals surface area contributed by atoms with Crippen LogP contribution in [0.2, 0.25) is 0 Å². The molecule has 0 fully saturated rings. The number of esters is 2. The Morgan fingerprint density at radius 1 is 0.312 bits per heavy atom. The molecule has 0 rings (SSSR count). The van der Waals surface area contributed by atoms with Crippen LogP contribution < -0.4 is 0 Å². The number of hydrogen-bond donors (Lipinski definition) is 0. The molecule has 0 aromatic carbocycles. The summed E-state index contributed by atoms with van der Waals surface area (Å²) in [5.74, 6) is -0.417. The van der Waals surface area contributed by atoms with Crippen LogP contribution in [0, 0.1) is 0 Å². The standard InChI is InChI=1S/C33H64O15/c1-3-5-6-7-32(34)48-31-30-46-29-28-45-27-26-44-25-24-43-23-22-42-21-20-41-19-18-40-17-16-39-15-14-38-13-12-37-11-10-36-9-8-33(35)47-4-2/h3-31H2,1-2H3. The summed E-state index contributed by atoms with van der Waals surface area (Å²) < 4.78 is 69.6. The molecule has 0 radical (unpaired) electrons. The number of hydrogen-bond acceptors (Lipinski definition) is 15. The van der Waals surface area contributed by atoms with E-state index in [4.69, 9.17) is 61.6 Å². The predicted molar refractivity (Wildman–Crippen MR) is 175 cm³/mol. The minimum Gasteiger partial charge on any atom is -0.466 e. The van der Waals surface area contributed by atoms with Gasteiger partial charge in [0, 0.05) is 6.42 Å². The fourth-order valence-electron chi connectivity index (χ4n) is 3.50. The molecule has 0 aromatic heterocycles. The van der Waals surface area contributed by atoms with E-state index in [1.54, 1.807) is 6.92 Å². The third kappa shape index (κ3) is 40.7. The number of unbranched alkanes of at least 4 members (excludes halogenated alkanes) is 2. The third-order valence-electron chi connectivity index (χ3n) is 5.95. The molecule has 15 nitrogen and oxygen atoms in total. The Labute approximate surface area is 287 Å². The lowest BCUT2D eigenvalue weighted by Gasteiger charge is -2.09. The van der Waals surface area contributed by atoms with Gasteiger partial charge in [-0.15, -0.1) is 0 Å². The van der Waals surface area contributed by atoms with Gasteiger partial charge in [0.15, 0.2) is 0 Å². The second kappa shape index (κ2) is 41.7. The van der Waals surface area contributed by atoms with E-state index in [0.717, 1.165) is 19.3 Å². The summed E-state index contributed by atoms with van der Waals surface area (Å²) in [6.07, 6.45) is 3.73. The molecule has 286 valence electrons. The van der Waals surface area contributed by atoms with Crippen LogP contribution in [0.4, 0.5) is 0 Å². The number of rotatable bonds is 41. The summed E-state index contributed by atoms with van der Waals surface area (Å²) in [5, 5.41) is 0. The van der Waals surface area contributed by atoms with Gasteiger partial charge >= 0.3 is 11.9 Å². The van der Waals surface area contributed by atoms with Gasteiger partial charge in [-0.1, -0.05) is 19.8 Å². The zero-order valence-electron chi connectivity index (χ0n) is 29.6. The van der Waals surface area contributed by atoms with E-state index in [1.807, 2.05) is 0 Å². The maximum Gasteiger partial charge on any atom is 0.308 e. The van der Waals surface area contributed by atoms with E-state index >= 15 is 0 Å². The Morgan fingerprint density at radius 2 is 0.583 bits per heavy atom. The van der Waals surface area contributed by atoms with Gasteiger partial charge in [0.05, 0.1) is 158 Å². The minimum atomic E-state index is -0.254. The Balaban J connectivity index is 3.09. The maximum absolute atomic E-state index is 11.5. The lowest BCUT2D eigenvalue weighted by Crippen LogP contribution is -2.15. The predicted octanol–water partition coefficient (Wildman–Crippen LogP) is 2.25. The van der Waals surface area contributed by atoms with Crippen LogP contribution in [0.1, 0.15) is 46.0 Å². The van der Waals surface area contributed by atoms with Gasteiger partial charge < -0.3 is 61.6 Å². The highest BCUT2D eigenvalue weighted by Crippen LogP contribution is 2.00. The van der Waals surface area contributed by atoms with Crippen LogP contribution in [-0.2, 0) is 71.2 Å². The highest BCUT2D eigenvalue weighted by atomic mass is 16.6. The topological polar surface area (TPSA) is 154 Å². The van der Waals surface area contributed by atoms with Gasteiger partial charge in [0.2, 0.25) is 0 Å². The summed E-state index contributed by atoms with van der Waals surface area (Å²) in [6.45, 7) is 14.8. The van der Waals surface area contributed by atoms with Gasteiger partial charge in [-0.3, -0.25) is 9.59 Å². The van der Waals surface area contributed by atoms with E-state index in [2.05, 4.69) is 6.92 Å². The van der Waals surface area contributed by atoms with Gasteiger partial charge in [0.1, 0.15) is 6.61 Å². The SMILES string of the molecule is CCCCCC(=O)OCCOCCOCCOCCOCCOCCOCCOCCOCCOCCOCCOCCC(=O)OCC. The largest absolute Gasteiger partial charge is 0.466 e. The van der Waals surface area contributed by atoms with Crippen LogP contribution >= 0.6 is 0 Å². The molecule has 0 unspecified atom stereocenters. The van der Waals surface area contributed by atoms with Gasteiger partial charge in [-0.05, 0) is 13.3 Å². The molecule has 0 saturated carbocycles. The molecule has 0 heterocycles. The van der Waals surface area contributed by atoms with E-state index in [9.17, 15) is 9.59 Å². The number of carbonyl (C=O) groups is 2. The van der Waals surface area contributed by atoms with Crippen LogP contribution in [0.5, 0.6) is 0 Å². The van der Waals surface area contributed by atoms with Crippen molar-refractivity contribution < 1.29 is 71.2 Å². The first kappa shape index (κ1) is 46.5. The van der Waals surface area contributed by atoms with Crippen molar-refractivity contribution in [2.24, 2.45) is 0 Å². The monoisotopic (exact) mass is 700 g/mol. The molecule has 0 spiro atoms. The molecule has 0 amide bonds. The summed E-state index contributed by atoms with van der Waals surface area (Å²) in [5.41, 5.74) is 0. The quantitative estimate of drug-likeness (QED) is 0.0676. The Kier molecular flexibility index (Phi) is 40.4. The molecule has 0 atom stereocenters. The molecule has 0 aliphatic rings. The maximum atomic E-state index is 11.5. The molecule has 0 aliphatic heterocycles. The fourth-order valence-corrected chi connectivity index (χ4v) is 3.50. The van der Waals surface area contributed by atoms with Crippen molar-refractivity contribution in [2.75, 3.05) is 159 Å². The van der Waals surface area contributed by atoms with E-state index in [0.29, 0.717) is 158 Å². The summed E-state index contributed by atoms with van der Waals surface area (Å²) in [7, 11) is 0. The van der Waals surface area contributed by atoms with Gasteiger partial charge in [-0.25, -0.2) is 0 Å². The zero-order chi connectivity index (χ0) is 34.9. The third-order valence-corrected chi connectivity index (χ3v) is 5.95. The van der Waals surface area contributed by atoms with Crippen molar-refractivity contribution in [1.29, 1.82) is 0 Å². The molecule has 0 aliphatic carbocycles. The van der Waals surface area contributed by atoms with E-state index in [-0.39, 0.29) is 25.0 Å². The van der Waals surface area contributed by atoms with Crippen molar-refractivity contribution in [1.82, 2.24) is 0 Å². The lowest BCUT2D eigenvalue weighted by atomic mass is 10.2. The first-order valence-electron chi connectivity index (χ1n) is 17.4. The summed E-state index contributed by atoms with van der Waals surface area (Å²) in [6, 6.07) is 0. The number of carbonyl (C=O) groups excluding carboxylic acids is 2. The molecule has 0 saturated heterocycles. The average molecular weight is 701 g/mol. The van der Waals surface area contributed by atoms with Gasteiger partial charge in [0.25, 0.3) is 0 Å². The normalized spacial score (nSPS) is 11.3. The summed E-state index contributed by atoms with van der Waals surface area (Å²) in [4.78, 5) is 22.6.